The van der Waals surface area contributed by atoms with Gasteiger partial charge in [0.2, 0.25) is 0 Å². The van der Waals surface area contributed by atoms with E-state index in [0.29, 0.717) is 0 Å². The van der Waals surface area contributed by atoms with E-state index in [1.54, 1.807) is 0 Å². The molecule has 14 heavy (non-hydrogen) atoms. The Labute approximate surface area is 84.9 Å². The average Bonchev–Trinajstić information content (AvgIpc) is 2.21. The summed E-state index contributed by atoms with van der Waals surface area (Å²) in [6.45, 7) is 3.89. The largest absolute Gasteiger partial charge is 0.474 e. The first-order chi connectivity index (χ1) is 6.61. The van der Waals surface area contributed by atoms with E-state index in [9.17, 15) is 4.57 Å². The van der Waals surface area contributed by atoms with Crippen molar-refractivity contribution in [2.45, 2.75) is 31.8 Å². The van der Waals surface area contributed by atoms with E-state index in [1.165, 1.54) is 14.2 Å². The molecular weight excluding hydrogens is 203 g/mol. The van der Waals surface area contributed by atoms with Gasteiger partial charge in [0.05, 0.1) is 6.10 Å². The smallest absolute Gasteiger partial charge is 0.290 e. The highest BCUT2D eigenvalue weighted by atomic mass is 31.2. The molecule has 1 unspecified atom stereocenters. The second kappa shape index (κ2) is 5.08. The SMILES string of the molecule is C=C1CCCCC1OP(=O)(OC)OC. The van der Waals surface area contributed by atoms with Crippen molar-refractivity contribution in [2.24, 2.45) is 0 Å². The van der Waals surface area contributed by atoms with Crippen LogP contribution in [-0.2, 0) is 18.1 Å². The molecule has 1 fully saturated rings. The third-order valence-electron chi connectivity index (χ3n) is 2.37. The lowest BCUT2D eigenvalue weighted by molar-refractivity contribution is 0.108. The van der Waals surface area contributed by atoms with E-state index in [4.69, 9.17) is 13.6 Å². The molecule has 0 aliphatic heterocycles. The average molecular weight is 220 g/mol. The fourth-order valence-corrected chi connectivity index (χ4v) is 2.38. The summed E-state index contributed by atoms with van der Waals surface area (Å²) in [4.78, 5) is 0. The highest BCUT2D eigenvalue weighted by Gasteiger charge is 2.30. The van der Waals surface area contributed by atoms with Gasteiger partial charge in [-0.1, -0.05) is 13.0 Å². The molecule has 1 atom stereocenters. The van der Waals surface area contributed by atoms with Gasteiger partial charge in [-0.3, -0.25) is 13.6 Å². The number of hydrogen-bond acceptors (Lipinski definition) is 4. The van der Waals surface area contributed by atoms with Gasteiger partial charge in [0.15, 0.2) is 0 Å². The van der Waals surface area contributed by atoms with Gasteiger partial charge in [0.25, 0.3) is 0 Å². The zero-order chi connectivity index (χ0) is 10.6. The lowest BCUT2D eigenvalue weighted by atomic mass is 9.94. The van der Waals surface area contributed by atoms with Gasteiger partial charge in [-0.15, -0.1) is 0 Å². The summed E-state index contributed by atoms with van der Waals surface area (Å²) in [6, 6.07) is 0. The molecule has 0 aromatic heterocycles. The van der Waals surface area contributed by atoms with E-state index in [1.807, 2.05) is 0 Å². The van der Waals surface area contributed by atoms with Crippen LogP contribution in [-0.4, -0.2) is 20.3 Å². The summed E-state index contributed by atoms with van der Waals surface area (Å²) < 4.78 is 26.4. The molecule has 1 aliphatic carbocycles. The number of phosphoric ester groups is 1. The van der Waals surface area contributed by atoms with Crippen LogP contribution in [0.4, 0.5) is 0 Å². The Balaban J connectivity index is 2.57. The molecule has 0 saturated heterocycles. The van der Waals surface area contributed by atoms with Gasteiger partial charge in [-0.25, -0.2) is 4.57 Å². The van der Waals surface area contributed by atoms with Crippen LogP contribution in [0.3, 0.4) is 0 Å². The second-order valence-corrected chi connectivity index (χ2v) is 5.15. The van der Waals surface area contributed by atoms with Gasteiger partial charge in [-0.2, -0.15) is 0 Å². The summed E-state index contributed by atoms with van der Waals surface area (Å²) in [6.07, 6.45) is 3.78. The van der Waals surface area contributed by atoms with Crippen molar-refractivity contribution < 1.29 is 18.1 Å². The molecular formula is C9H17O4P. The van der Waals surface area contributed by atoms with Gasteiger partial charge in [0.1, 0.15) is 0 Å². The van der Waals surface area contributed by atoms with Gasteiger partial charge in [-0.05, 0) is 24.8 Å². The molecule has 0 N–H and O–H groups in total. The number of rotatable bonds is 4. The van der Waals surface area contributed by atoms with Crippen LogP contribution >= 0.6 is 7.82 Å². The molecule has 1 rings (SSSR count). The van der Waals surface area contributed by atoms with Crippen LogP contribution in [0.25, 0.3) is 0 Å². The normalized spacial score (nSPS) is 23.9. The molecule has 0 heterocycles. The summed E-state index contributed by atoms with van der Waals surface area (Å²) in [5, 5.41) is 0. The molecule has 0 spiro atoms. The minimum absolute atomic E-state index is 0.186. The minimum atomic E-state index is -3.35. The van der Waals surface area contributed by atoms with Crippen LogP contribution in [0.5, 0.6) is 0 Å². The Morgan fingerprint density at radius 2 is 2.00 bits per heavy atom. The maximum Gasteiger partial charge on any atom is 0.474 e. The summed E-state index contributed by atoms with van der Waals surface area (Å²) in [5.41, 5.74) is 0.977. The summed E-state index contributed by atoms with van der Waals surface area (Å²) >= 11 is 0. The number of hydrogen-bond donors (Lipinski definition) is 0. The second-order valence-electron chi connectivity index (χ2n) is 3.31. The molecule has 1 saturated carbocycles. The zero-order valence-electron chi connectivity index (χ0n) is 8.69. The van der Waals surface area contributed by atoms with Crippen molar-refractivity contribution in [1.82, 2.24) is 0 Å². The van der Waals surface area contributed by atoms with E-state index in [2.05, 4.69) is 6.58 Å². The standard InChI is InChI=1S/C9H17O4P/c1-8-6-4-5-7-9(8)13-14(10,11-2)12-3/h9H,1,4-7H2,2-3H3. The molecule has 0 aromatic rings. The van der Waals surface area contributed by atoms with Gasteiger partial charge < -0.3 is 0 Å². The van der Waals surface area contributed by atoms with Crippen LogP contribution in [0.1, 0.15) is 25.7 Å². The Morgan fingerprint density at radius 1 is 1.36 bits per heavy atom. The van der Waals surface area contributed by atoms with Gasteiger partial charge >= 0.3 is 7.82 Å². The third kappa shape index (κ3) is 2.92. The molecule has 0 aromatic carbocycles. The maximum absolute atomic E-state index is 11.7. The maximum atomic E-state index is 11.7. The lowest BCUT2D eigenvalue weighted by Gasteiger charge is -2.26. The Hall–Kier alpha value is -0.150. The fourth-order valence-electron chi connectivity index (χ4n) is 1.49. The zero-order valence-corrected chi connectivity index (χ0v) is 9.59. The van der Waals surface area contributed by atoms with E-state index >= 15 is 0 Å². The molecule has 1 aliphatic rings. The predicted octanol–water partition coefficient (Wildman–Crippen LogP) is 2.90. The van der Waals surface area contributed by atoms with Crippen LogP contribution in [0, 0.1) is 0 Å². The topological polar surface area (TPSA) is 44.8 Å². The summed E-state index contributed by atoms with van der Waals surface area (Å²) in [7, 11) is -0.717. The van der Waals surface area contributed by atoms with Crippen molar-refractivity contribution in [1.29, 1.82) is 0 Å². The van der Waals surface area contributed by atoms with Crippen molar-refractivity contribution in [2.75, 3.05) is 14.2 Å². The first-order valence-corrected chi connectivity index (χ1v) is 6.15. The first-order valence-electron chi connectivity index (χ1n) is 4.69. The van der Waals surface area contributed by atoms with Crippen LogP contribution in [0.15, 0.2) is 12.2 Å². The van der Waals surface area contributed by atoms with Crippen LogP contribution in [0.2, 0.25) is 0 Å². The first kappa shape index (κ1) is 11.9. The monoisotopic (exact) mass is 220 g/mol. The number of phosphoric acid groups is 1. The quantitative estimate of drug-likeness (QED) is 0.539. The molecule has 0 bridgehead atoms. The molecule has 4 nitrogen and oxygen atoms in total. The Bertz CT molecular complexity index is 243. The molecule has 0 radical (unpaired) electrons. The highest BCUT2D eigenvalue weighted by molar-refractivity contribution is 7.48. The third-order valence-corrected chi connectivity index (χ3v) is 3.78. The van der Waals surface area contributed by atoms with Crippen LogP contribution < -0.4 is 0 Å². The van der Waals surface area contributed by atoms with Crippen molar-refractivity contribution in [3.63, 3.8) is 0 Å². The summed E-state index contributed by atoms with van der Waals surface area (Å²) in [5.74, 6) is 0. The minimum Gasteiger partial charge on any atom is -0.290 e. The lowest BCUT2D eigenvalue weighted by Crippen LogP contribution is -2.18. The fraction of sp³-hybridized carbons (Fsp3) is 0.778. The van der Waals surface area contributed by atoms with E-state index in [0.717, 1.165) is 31.3 Å². The predicted molar refractivity (Wildman–Crippen MR) is 54.1 cm³/mol. The van der Waals surface area contributed by atoms with Crippen molar-refractivity contribution in [3.05, 3.63) is 12.2 Å². The van der Waals surface area contributed by atoms with Crippen molar-refractivity contribution in [3.8, 4) is 0 Å². The molecule has 0 amide bonds. The van der Waals surface area contributed by atoms with E-state index < -0.39 is 7.82 Å². The van der Waals surface area contributed by atoms with Crippen molar-refractivity contribution >= 4 is 7.82 Å². The van der Waals surface area contributed by atoms with Gasteiger partial charge in [0, 0.05) is 14.2 Å². The Morgan fingerprint density at radius 3 is 2.50 bits per heavy atom. The molecule has 82 valence electrons. The Kier molecular flexibility index (Phi) is 4.32. The highest BCUT2D eigenvalue weighted by Crippen LogP contribution is 2.50. The molecule has 5 heteroatoms. The van der Waals surface area contributed by atoms with E-state index in [-0.39, 0.29) is 6.10 Å².